The minimum absolute atomic E-state index is 0.280. The Bertz CT molecular complexity index is 1270. The fraction of sp³-hybridized carbons (Fsp3) is 0.160. The number of H-pyrrole nitrogens is 1. The maximum atomic E-state index is 13.2. The Morgan fingerprint density at radius 3 is 2.58 bits per heavy atom. The number of halogens is 1. The van der Waals surface area contributed by atoms with Gasteiger partial charge in [0.15, 0.2) is 0 Å². The summed E-state index contributed by atoms with van der Waals surface area (Å²) in [6, 6.07) is 20.7. The lowest BCUT2D eigenvalue weighted by molar-refractivity contribution is 0.135. The van der Waals surface area contributed by atoms with E-state index in [1.54, 1.807) is 29.2 Å². The van der Waals surface area contributed by atoms with Gasteiger partial charge in [-0.25, -0.2) is 4.79 Å². The highest BCUT2D eigenvalue weighted by atomic mass is 35.5. The van der Waals surface area contributed by atoms with Gasteiger partial charge in [0.05, 0.1) is 0 Å². The first-order chi connectivity index (χ1) is 15.0. The lowest BCUT2D eigenvalue weighted by Gasteiger charge is -2.35. The number of benzene rings is 3. The molecule has 1 aliphatic heterocycles. The summed E-state index contributed by atoms with van der Waals surface area (Å²) in [6.07, 6.45) is 0.327. The molecule has 0 bridgehead atoms. The number of aromatic nitrogens is 1. The predicted molar refractivity (Wildman–Crippen MR) is 125 cm³/mol. The second kappa shape index (κ2) is 7.82. The van der Waals surface area contributed by atoms with E-state index in [9.17, 15) is 4.79 Å². The highest BCUT2D eigenvalue weighted by Crippen LogP contribution is 2.38. The molecule has 3 aromatic carbocycles. The van der Waals surface area contributed by atoms with Crippen LogP contribution in [0.1, 0.15) is 28.4 Å². The highest BCUT2D eigenvalue weighted by Gasteiger charge is 2.35. The van der Waals surface area contributed by atoms with Crippen molar-refractivity contribution in [3.63, 3.8) is 0 Å². The van der Waals surface area contributed by atoms with Crippen molar-refractivity contribution in [2.45, 2.75) is 19.4 Å². The van der Waals surface area contributed by atoms with E-state index in [1.165, 1.54) is 11.1 Å². The maximum absolute atomic E-state index is 13.2. The first kappa shape index (κ1) is 19.8. The van der Waals surface area contributed by atoms with Gasteiger partial charge in [0.25, 0.3) is 0 Å². The number of ether oxygens (including phenoxy) is 1. The van der Waals surface area contributed by atoms with Crippen molar-refractivity contribution < 1.29 is 9.53 Å². The molecule has 2 heterocycles. The third-order valence-electron chi connectivity index (χ3n) is 5.80. The molecule has 1 N–H and O–H groups in total. The van der Waals surface area contributed by atoms with Gasteiger partial charge >= 0.3 is 6.09 Å². The van der Waals surface area contributed by atoms with Crippen molar-refractivity contribution in [1.29, 1.82) is 0 Å². The summed E-state index contributed by atoms with van der Waals surface area (Å²) < 4.78 is 5.69. The van der Waals surface area contributed by atoms with Gasteiger partial charge in [0.2, 0.25) is 0 Å². The molecule has 0 aliphatic carbocycles. The van der Waals surface area contributed by atoms with Gasteiger partial charge in [-0.15, -0.1) is 0 Å². The molecule has 31 heavy (non-hydrogen) atoms. The Kier molecular flexibility index (Phi) is 4.99. The number of fused-ring (bicyclic) bond motifs is 3. The minimum atomic E-state index is -0.392. The molecule has 1 unspecified atom stereocenters. The van der Waals surface area contributed by atoms with Crippen molar-refractivity contribution in [1.82, 2.24) is 9.88 Å². The van der Waals surface area contributed by atoms with Gasteiger partial charge in [0, 0.05) is 28.2 Å². The lowest BCUT2D eigenvalue weighted by Crippen LogP contribution is -2.42. The van der Waals surface area contributed by atoms with E-state index in [2.05, 4.69) is 29.2 Å². The molecular formula is C25H20BClN2O2. The zero-order valence-corrected chi connectivity index (χ0v) is 17.8. The first-order valence-electron chi connectivity index (χ1n) is 10.2. The fourth-order valence-electron chi connectivity index (χ4n) is 4.26. The van der Waals surface area contributed by atoms with E-state index >= 15 is 0 Å². The van der Waals surface area contributed by atoms with Crippen molar-refractivity contribution in [2.75, 3.05) is 6.54 Å². The summed E-state index contributed by atoms with van der Waals surface area (Å²) in [5, 5.41) is 1.70. The summed E-state index contributed by atoms with van der Waals surface area (Å²) in [7, 11) is 6.04. The molecule has 0 saturated carbocycles. The van der Waals surface area contributed by atoms with E-state index in [1.807, 2.05) is 25.1 Å². The number of carbonyl (C=O) groups is 1. The molecule has 2 radical (unpaired) electrons. The second-order valence-corrected chi connectivity index (χ2v) is 8.34. The third kappa shape index (κ3) is 3.70. The van der Waals surface area contributed by atoms with Crippen LogP contribution in [-0.2, 0) is 6.42 Å². The normalized spacial score (nSPS) is 15.7. The predicted octanol–water partition coefficient (Wildman–Crippen LogP) is 5.07. The molecule has 5 rings (SSSR count). The van der Waals surface area contributed by atoms with E-state index in [4.69, 9.17) is 24.2 Å². The molecule has 4 nitrogen and oxygen atoms in total. The van der Waals surface area contributed by atoms with Crippen molar-refractivity contribution in [3.8, 4) is 5.75 Å². The molecule has 1 aliphatic rings. The number of aryl methyl sites for hydroxylation is 1. The zero-order valence-electron chi connectivity index (χ0n) is 17.1. The van der Waals surface area contributed by atoms with E-state index < -0.39 is 6.09 Å². The number of amides is 1. The quantitative estimate of drug-likeness (QED) is 0.455. The molecule has 0 fully saturated rings. The van der Waals surface area contributed by atoms with Crippen LogP contribution in [0.3, 0.4) is 0 Å². The van der Waals surface area contributed by atoms with Gasteiger partial charge in [-0.1, -0.05) is 59.0 Å². The zero-order chi connectivity index (χ0) is 21.5. The molecule has 0 saturated heterocycles. The number of hydrogen-bond donors (Lipinski definition) is 1. The summed E-state index contributed by atoms with van der Waals surface area (Å²) in [5.74, 6) is 0.465. The number of carbonyl (C=O) groups excluding carboxylic acids is 1. The summed E-state index contributed by atoms with van der Waals surface area (Å²) in [6.45, 7) is 2.59. The number of hydrogen-bond acceptors (Lipinski definition) is 2. The van der Waals surface area contributed by atoms with Crippen LogP contribution in [-0.4, -0.2) is 30.4 Å². The van der Waals surface area contributed by atoms with Gasteiger partial charge in [-0.2, -0.15) is 0 Å². The van der Waals surface area contributed by atoms with E-state index in [0.29, 0.717) is 17.3 Å². The van der Waals surface area contributed by atoms with Gasteiger partial charge < -0.3 is 9.72 Å². The number of rotatable bonds is 2. The van der Waals surface area contributed by atoms with Crippen molar-refractivity contribution in [2.24, 2.45) is 0 Å². The van der Waals surface area contributed by atoms with Crippen LogP contribution >= 0.6 is 11.6 Å². The average molecular weight is 427 g/mol. The lowest BCUT2D eigenvalue weighted by atomic mass is 9.90. The Morgan fingerprint density at radius 2 is 1.84 bits per heavy atom. The second-order valence-electron chi connectivity index (χ2n) is 7.90. The molecule has 1 amide bonds. The largest absolute Gasteiger partial charge is 0.416 e. The Hall–Kier alpha value is -3.18. The molecule has 0 spiro atoms. The number of aromatic amines is 1. The summed E-state index contributed by atoms with van der Waals surface area (Å²) in [5.41, 5.74) is 6.14. The molecule has 1 aromatic heterocycles. The minimum Gasteiger partial charge on any atom is -0.410 e. The first-order valence-corrected chi connectivity index (χ1v) is 10.6. The summed E-state index contributed by atoms with van der Waals surface area (Å²) >= 11 is 5.95. The molecular weight excluding hydrogens is 407 g/mol. The van der Waals surface area contributed by atoms with Gasteiger partial charge in [-0.3, -0.25) is 4.90 Å². The summed E-state index contributed by atoms with van der Waals surface area (Å²) in [4.78, 5) is 18.5. The van der Waals surface area contributed by atoms with Crippen LogP contribution in [0, 0.1) is 6.92 Å². The SMILES string of the molecule is [B]c1ccc2[nH]c3c(c2c1)CCN(C(=O)Oc1ccc(Cl)cc1)C3c1ccc(C)cc1. The number of nitrogens with zero attached hydrogens (tertiary/aromatic N) is 1. The van der Waals surface area contributed by atoms with E-state index in [-0.39, 0.29) is 6.04 Å². The van der Waals surface area contributed by atoms with Gasteiger partial charge in [0.1, 0.15) is 19.6 Å². The molecule has 4 aromatic rings. The molecule has 6 heteroatoms. The monoisotopic (exact) mass is 426 g/mol. The van der Waals surface area contributed by atoms with Crippen LogP contribution in [0.4, 0.5) is 4.79 Å². The van der Waals surface area contributed by atoms with Crippen LogP contribution in [0.25, 0.3) is 10.9 Å². The molecule has 1 atom stereocenters. The van der Waals surface area contributed by atoms with Crippen molar-refractivity contribution >= 4 is 41.9 Å². The third-order valence-corrected chi connectivity index (χ3v) is 6.05. The fourth-order valence-corrected chi connectivity index (χ4v) is 4.39. The van der Waals surface area contributed by atoms with Crippen molar-refractivity contribution in [3.05, 3.63) is 94.1 Å². The standard InChI is InChI=1S/C25H20BClN2O2/c1-15-2-4-16(5-3-15)24-23-20(21-14-17(26)6-11-22(21)28-23)12-13-29(24)25(30)31-19-9-7-18(27)8-10-19/h2-11,14,24,28H,12-13H2,1H3. The van der Waals surface area contributed by atoms with Crippen LogP contribution in [0.5, 0.6) is 5.75 Å². The topological polar surface area (TPSA) is 45.3 Å². The maximum Gasteiger partial charge on any atom is 0.416 e. The Morgan fingerprint density at radius 1 is 1.10 bits per heavy atom. The number of nitrogens with one attached hydrogen (secondary N) is 1. The van der Waals surface area contributed by atoms with Crippen LogP contribution < -0.4 is 10.2 Å². The van der Waals surface area contributed by atoms with Crippen LogP contribution in [0.15, 0.2) is 66.7 Å². The smallest absolute Gasteiger partial charge is 0.410 e. The van der Waals surface area contributed by atoms with E-state index in [0.717, 1.165) is 34.0 Å². The van der Waals surface area contributed by atoms with Crippen LogP contribution in [0.2, 0.25) is 5.02 Å². The van der Waals surface area contributed by atoms with Gasteiger partial charge in [-0.05, 0) is 54.8 Å². The Balaban J connectivity index is 1.58. The highest BCUT2D eigenvalue weighted by molar-refractivity contribution is 6.33. The molecule has 152 valence electrons. The average Bonchev–Trinajstić information content (AvgIpc) is 3.13. The Labute approximate surface area is 187 Å².